The van der Waals surface area contributed by atoms with Gasteiger partial charge in [0.25, 0.3) is 0 Å². The topological polar surface area (TPSA) is 72.2 Å². The maximum Gasteiger partial charge on any atom is 0.220 e. The van der Waals surface area contributed by atoms with Crippen molar-refractivity contribution in [3.05, 3.63) is 46.3 Å². The van der Waals surface area contributed by atoms with E-state index in [9.17, 15) is 4.79 Å². The lowest BCUT2D eigenvalue weighted by molar-refractivity contribution is -0.121. The summed E-state index contributed by atoms with van der Waals surface area (Å²) in [5.74, 6) is 0.767. The summed E-state index contributed by atoms with van der Waals surface area (Å²) in [5.41, 5.74) is 1.82. The minimum atomic E-state index is -0.179. The van der Waals surface area contributed by atoms with Crippen molar-refractivity contribution in [3.63, 3.8) is 0 Å². The van der Waals surface area contributed by atoms with Crippen LogP contribution in [-0.2, 0) is 11.2 Å². The molecule has 0 aliphatic rings. The van der Waals surface area contributed by atoms with Gasteiger partial charge in [0.05, 0.1) is 11.0 Å². The number of rotatable bonds is 6. The highest BCUT2D eigenvalue weighted by Crippen LogP contribution is 2.14. The third-order valence-electron chi connectivity index (χ3n) is 3.57. The van der Waals surface area contributed by atoms with Gasteiger partial charge in [0, 0.05) is 23.7 Å². The SMILES string of the molecule is Cc1csc(CCCC(=O)N[C@H](C)c2nnc3ccccn23)n1. The first-order valence-electron chi connectivity index (χ1n) is 7.63. The Balaban J connectivity index is 1.53. The van der Waals surface area contributed by atoms with E-state index in [2.05, 4.69) is 20.5 Å². The monoisotopic (exact) mass is 329 g/mol. The number of carbonyl (C=O) groups excluding carboxylic acids is 1. The van der Waals surface area contributed by atoms with Gasteiger partial charge in [0.15, 0.2) is 11.5 Å². The Kier molecular flexibility index (Phi) is 4.66. The molecule has 0 saturated carbocycles. The Hall–Kier alpha value is -2.28. The van der Waals surface area contributed by atoms with Crippen molar-refractivity contribution in [3.8, 4) is 0 Å². The van der Waals surface area contributed by atoms with Gasteiger partial charge in [-0.05, 0) is 38.8 Å². The van der Waals surface area contributed by atoms with Crippen molar-refractivity contribution in [2.75, 3.05) is 0 Å². The molecule has 23 heavy (non-hydrogen) atoms. The molecule has 0 unspecified atom stereocenters. The second-order valence-corrected chi connectivity index (χ2v) is 6.46. The molecule has 0 saturated heterocycles. The number of pyridine rings is 1. The first kappa shape index (κ1) is 15.6. The van der Waals surface area contributed by atoms with E-state index in [1.807, 2.05) is 48.0 Å². The average Bonchev–Trinajstić information content (AvgIpc) is 3.13. The zero-order valence-electron chi connectivity index (χ0n) is 13.2. The van der Waals surface area contributed by atoms with Crippen molar-refractivity contribution in [1.29, 1.82) is 0 Å². The van der Waals surface area contributed by atoms with E-state index in [1.54, 1.807) is 11.3 Å². The summed E-state index contributed by atoms with van der Waals surface area (Å²) < 4.78 is 1.89. The zero-order valence-corrected chi connectivity index (χ0v) is 14.0. The summed E-state index contributed by atoms with van der Waals surface area (Å²) in [6.45, 7) is 3.91. The molecule has 3 aromatic heterocycles. The van der Waals surface area contributed by atoms with Gasteiger partial charge in [0.2, 0.25) is 5.91 Å². The third kappa shape index (κ3) is 3.73. The predicted molar refractivity (Wildman–Crippen MR) is 89.3 cm³/mol. The minimum Gasteiger partial charge on any atom is -0.346 e. The van der Waals surface area contributed by atoms with Gasteiger partial charge in [-0.25, -0.2) is 4.98 Å². The second-order valence-electron chi connectivity index (χ2n) is 5.51. The summed E-state index contributed by atoms with van der Waals surface area (Å²) >= 11 is 1.65. The lowest BCUT2D eigenvalue weighted by Gasteiger charge is -2.12. The maximum absolute atomic E-state index is 12.1. The Morgan fingerprint density at radius 2 is 2.26 bits per heavy atom. The average molecular weight is 329 g/mol. The van der Waals surface area contributed by atoms with Crippen molar-refractivity contribution in [2.24, 2.45) is 0 Å². The fourth-order valence-electron chi connectivity index (χ4n) is 2.45. The highest BCUT2D eigenvalue weighted by atomic mass is 32.1. The smallest absolute Gasteiger partial charge is 0.220 e. The Morgan fingerprint density at radius 3 is 3.04 bits per heavy atom. The number of hydrogen-bond acceptors (Lipinski definition) is 5. The maximum atomic E-state index is 12.1. The van der Waals surface area contributed by atoms with E-state index in [4.69, 9.17) is 0 Å². The summed E-state index contributed by atoms with van der Waals surface area (Å²) in [6, 6.07) is 5.55. The molecule has 3 aromatic rings. The normalized spacial score (nSPS) is 12.4. The van der Waals surface area contributed by atoms with Crippen LogP contribution in [0, 0.1) is 6.92 Å². The lowest BCUT2D eigenvalue weighted by atomic mass is 10.2. The molecule has 0 aliphatic heterocycles. The molecule has 3 rings (SSSR count). The van der Waals surface area contributed by atoms with Crippen LogP contribution >= 0.6 is 11.3 Å². The van der Waals surface area contributed by atoms with Crippen LogP contribution in [0.3, 0.4) is 0 Å². The Labute approximate surface area is 138 Å². The Morgan fingerprint density at radius 1 is 1.39 bits per heavy atom. The number of carbonyl (C=O) groups is 1. The predicted octanol–water partition coefficient (Wildman–Crippen LogP) is 2.69. The number of hydrogen-bond donors (Lipinski definition) is 1. The molecule has 0 aromatic carbocycles. The molecular weight excluding hydrogens is 310 g/mol. The molecule has 1 N–H and O–H groups in total. The first-order chi connectivity index (χ1) is 11.1. The summed E-state index contributed by atoms with van der Waals surface area (Å²) in [7, 11) is 0. The molecular formula is C16H19N5OS. The molecule has 0 fully saturated rings. The van der Waals surface area contributed by atoms with Crippen molar-refractivity contribution in [2.45, 2.75) is 39.2 Å². The van der Waals surface area contributed by atoms with Crippen LogP contribution in [0.15, 0.2) is 29.8 Å². The highest BCUT2D eigenvalue weighted by Gasteiger charge is 2.15. The third-order valence-corrected chi connectivity index (χ3v) is 4.59. The van der Waals surface area contributed by atoms with Crippen LogP contribution in [0.25, 0.3) is 5.65 Å². The van der Waals surface area contributed by atoms with Crippen LogP contribution in [0.5, 0.6) is 0 Å². The van der Waals surface area contributed by atoms with Crippen molar-refractivity contribution >= 4 is 22.9 Å². The van der Waals surface area contributed by atoms with Gasteiger partial charge in [0.1, 0.15) is 0 Å². The summed E-state index contributed by atoms with van der Waals surface area (Å²) in [4.78, 5) is 16.5. The number of fused-ring (bicyclic) bond motifs is 1. The number of thiazole rings is 1. The fourth-order valence-corrected chi connectivity index (χ4v) is 3.27. The number of nitrogens with one attached hydrogen (secondary N) is 1. The number of aromatic nitrogens is 4. The molecule has 0 spiro atoms. The standard InChI is InChI=1S/C16H19N5OS/c1-11-10-23-15(17-11)8-5-7-14(22)18-12(2)16-20-19-13-6-3-4-9-21(13)16/h3-4,6,9-10,12H,5,7-8H2,1-2H3,(H,18,22)/t12-/m1/s1. The van der Waals surface area contributed by atoms with E-state index >= 15 is 0 Å². The minimum absolute atomic E-state index is 0.0264. The molecule has 1 amide bonds. The number of amides is 1. The van der Waals surface area contributed by atoms with E-state index < -0.39 is 0 Å². The van der Waals surface area contributed by atoms with Gasteiger partial charge in [-0.1, -0.05) is 6.07 Å². The van der Waals surface area contributed by atoms with E-state index in [0.29, 0.717) is 6.42 Å². The molecule has 0 radical (unpaired) electrons. The van der Waals surface area contributed by atoms with Crippen LogP contribution in [0.4, 0.5) is 0 Å². The quantitative estimate of drug-likeness (QED) is 0.755. The van der Waals surface area contributed by atoms with Crippen molar-refractivity contribution < 1.29 is 4.79 Å². The Bertz CT molecular complexity index is 810. The van der Waals surface area contributed by atoms with Crippen LogP contribution in [0.1, 0.15) is 42.3 Å². The van der Waals surface area contributed by atoms with E-state index in [1.165, 1.54) is 0 Å². The van der Waals surface area contributed by atoms with Gasteiger partial charge in [-0.2, -0.15) is 0 Å². The molecule has 0 aliphatic carbocycles. The number of nitrogens with zero attached hydrogens (tertiary/aromatic N) is 4. The summed E-state index contributed by atoms with van der Waals surface area (Å²) in [5, 5.41) is 14.4. The molecule has 6 nitrogen and oxygen atoms in total. The zero-order chi connectivity index (χ0) is 16.2. The van der Waals surface area contributed by atoms with E-state index in [-0.39, 0.29) is 11.9 Å². The lowest BCUT2D eigenvalue weighted by Crippen LogP contribution is -2.27. The number of aryl methyl sites for hydroxylation is 2. The fraction of sp³-hybridized carbons (Fsp3) is 0.375. The van der Waals surface area contributed by atoms with Gasteiger partial charge >= 0.3 is 0 Å². The van der Waals surface area contributed by atoms with Gasteiger partial charge in [-0.3, -0.25) is 9.20 Å². The van der Waals surface area contributed by atoms with Crippen LogP contribution < -0.4 is 5.32 Å². The largest absolute Gasteiger partial charge is 0.346 e. The van der Waals surface area contributed by atoms with Crippen molar-refractivity contribution in [1.82, 2.24) is 24.9 Å². The first-order valence-corrected chi connectivity index (χ1v) is 8.51. The molecule has 120 valence electrons. The molecule has 7 heteroatoms. The molecule has 3 heterocycles. The highest BCUT2D eigenvalue weighted by molar-refractivity contribution is 7.09. The second kappa shape index (κ2) is 6.87. The van der Waals surface area contributed by atoms with Gasteiger partial charge in [-0.15, -0.1) is 21.5 Å². The van der Waals surface area contributed by atoms with Crippen LogP contribution in [-0.4, -0.2) is 25.5 Å². The van der Waals surface area contributed by atoms with Crippen LogP contribution in [0.2, 0.25) is 0 Å². The van der Waals surface area contributed by atoms with E-state index in [0.717, 1.165) is 35.0 Å². The molecule has 1 atom stereocenters. The molecule has 0 bridgehead atoms. The summed E-state index contributed by atoms with van der Waals surface area (Å²) in [6.07, 6.45) is 4.03. The van der Waals surface area contributed by atoms with Gasteiger partial charge < -0.3 is 5.32 Å².